The van der Waals surface area contributed by atoms with E-state index in [1.165, 1.54) is 0 Å². The number of ether oxygens (including phenoxy) is 1. The maximum atomic E-state index is 6.02. The van der Waals surface area contributed by atoms with Crippen LogP contribution in [0.5, 0.6) is 5.88 Å². The minimum Gasteiger partial charge on any atom is -0.440 e. The largest absolute Gasteiger partial charge is 0.440 e. The molecular formula is C11H17ClN2O+2. The van der Waals surface area contributed by atoms with Crippen LogP contribution >= 0.6 is 11.6 Å². The number of nitrogens with one attached hydrogen (secondary N) is 1. The summed E-state index contributed by atoms with van der Waals surface area (Å²) in [5.41, 5.74) is 0. The standard InChI is InChI=1S/C11H15ClN2O/c1-8-7-9(4-6-13-8)15-11-10(12)3-2-5-14-11/h2-3,5,8-9,13H,4,6-7H2,1H3/p+2/t8-,9-/m0/s1. The first kappa shape index (κ1) is 10.7. The molecule has 0 aromatic carbocycles. The van der Waals surface area contributed by atoms with Crippen LogP contribution < -0.4 is 15.0 Å². The molecule has 1 aromatic rings. The highest BCUT2D eigenvalue weighted by molar-refractivity contribution is 6.31. The smallest absolute Gasteiger partial charge is 0.385 e. The van der Waals surface area contributed by atoms with Crippen molar-refractivity contribution in [3.8, 4) is 5.88 Å². The molecule has 15 heavy (non-hydrogen) atoms. The van der Waals surface area contributed by atoms with Crippen LogP contribution in [0, 0.1) is 0 Å². The number of hydrogen-bond acceptors (Lipinski definition) is 1. The van der Waals surface area contributed by atoms with Gasteiger partial charge < -0.3 is 10.1 Å². The molecule has 0 aliphatic carbocycles. The van der Waals surface area contributed by atoms with Gasteiger partial charge in [0.2, 0.25) is 0 Å². The van der Waals surface area contributed by atoms with E-state index in [0.29, 0.717) is 23.0 Å². The second kappa shape index (κ2) is 4.81. The third-order valence-corrected chi connectivity index (χ3v) is 3.04. The highest BCUT2D eigenvalue weighted by atomic mass is 35.5. The highest BCUT2D eigenvalue weighted by Gasteiger charge is 2.25. The lowest BCUT2D eigenvalue weighted by atomic mass is 10.0. The van der Waals surface area contributed by atoms with Crippen LogP contribution in [0.1, 0.15) is 19.8 Å². The molecule has 3 N–H and O–H groups in total. The average molecular weight is 229 g/mol. The number of piperidine rings is 1. The quantitative estimate of drug-likeness (QED) is 0.793. The van der Waals surface area contributed by atoms with Gasteiger partial charge in [-0.15, -0.1) is 0 Å². The predicted octanol–water partition coefficient (Wildman–Crippen LogP) is 0.647. The van der Waals surface area contributed by atoms with Crippen molar-refractivity contribution in [3.63, 3.8) is 0 Å². The zero-order valence-corrected chi connectivity index (χ0v) is 9.63. The second-order valence-electron chi connectivity index (χ2n) is 4.11. The summed E-state index contributed by atoms with van der Waals surface area (Å²) in [5, 5.41) is 3.01. The lowest BCUT2D eigenvalue weighted by Gasteiger charge is -2.24. The van der Waals surface area contributed by atoms with Crippen LogP contribution in [0.4, 0.5) is 0 Å². The van der Waals surface area contributed by atoms with Crippen molar-refractivity contribution in [2.24, 2.45) is 0 Å². The molecule has 1 aliphatic heterocycles. The number of nitrogens with two attached hydrogens (primary N) is 1. The van der Waals surface area contributed by atoms with E-state index in [1.54, 1.807) is 0 Å². The SMILES string of the molecule is C[C@H]1C[C@@H](Oc2[nH+]cccc2Cl)CC[NH2+]1. The molecular weight excluding hydrogens is 212 g/mol. The van der Waals surface area contributed by atoms with Gasteiger partial charge in [-0.25, -0.2) is 0 Å². The Morgan fingerprint density at radius 2 is 2.47 bits per heavy atom. The molecule has 2 heterocycles. The van der Waals surface area contributed by atoms with Crippen LogP contribution in [0.3, 0.4) is 0 Å². The van der Waals surface area contributed by atoms with Gasteiger partial charge in [-0.3, -0.25) is 0 Å². The zero-order chi connectivity index (χ0) is 10.7. The summed E-state index contributed by atoms with van der Waals surface area (Å²) in [6.07, 6.45) is 4.29. The van der Waals surface area contributed by atoms with E-state index in [4.69, 9.17) is 16.3 Å². The minimum absolute atomic E-state index is 0.293. The second-order valence-corrected chi connectivity index (χ2v) is 4.52. The van der Waals surface area contributed by atoms with Gasteiger partial charge in [-0.2, -0.15) is 4.98 Å². The van der Waals surface area contributed by atoms with Crippen LogP contribution in [-0.4, -0.2) is 18.7 Å². The van der Waals surface area contributed by atoms with E-state index in [-0.39, 0.29) is 0 Å². The zero-order valence-electron chi connectivity index (χ0n) is 8.87. The molecule has 82 valence electrons. The molecule has 0 unspecified atom stereocenters. The molecule has 0 saturated carbocycles. The van der Waals surface area contributed by atoms with Gasteiger partial charge >= 0.3 is 5.88 Å². The van der Waals surface area contributed by atoms with Gasteiger partial charge in [-0.05, 0) is 13.0 Å². The molecule has 3 nitrogen and oxygen atoms in total. The van der Waals surface area contributed by atoms with Gasteiger partial charge in [0.1, 0.15) is 6.10 Å². The first-order chi connectivity index (χ1) is 7.25. The predicted molar refractivity (Wildman–Crippen MR) is 57.9 cm³/mol. The van der Waals surface area contributed by atoms with Crippen LogP contribution in [0.15, 0.2) is 18.3 Å². The summed E-state index contributed by atoms with van der Waals surface area (Å²) in [6.45, 7) is 3.36. The third-order valence-electron chi connectivity index (χ3n) is 2.75. The fraction of sp³-hybridized carbons (Fsp3) is 0.545. The van der Waals surface area contributed by atoms with Crippen molar-refractivity contribution in [2.75, 3.05) is 6.54 Å². The first-order valence-electron chi connectivity index (χ1n) is 5.42. The summed E-state index contributed by atoms with van der Waals surface area (Å²) in [7, 11) is 0. The van der Waals surface area contributed by atoms with E-state index < -0.39 is 0 Å². The molecule has 1 fully saturated rings. The highest BCUT2D eigenvalue weighted by Crippen LogP contribution is 2.20. The molecule has 1 aromatic heterocycles. The third kappa shape index (κ3) is 2.83. The molecule has 4 heteroatoms. The van der Waals surface area contributed by atoms with E-state index in [2.05, 4.69) is 17.2 Å². The molecule has 2 atom stereocenters. The summed E-state index contributed by atoms with van der Waals surface area (Å²) in [4.78, 5) is 3.03. The molecule has 0 amide bonds. The summed E-state index contributed by atoms with van der Waals surface area (Å²) in [5.74, 6) is 0.693. The number of rotatable bonds is 2. The Morgan fingerprint density at radius 1 is 1.60 bits per heavy atom. The van der Waals surface area contributed by atoms with E-state index in [0.717, 1.165) is 19.4 Å². The maximum Gasteiger partial charge on any atom is 0.385 e. The van der Waals surface area contributed by atoms with Crippen molar-refractivity contribution in [3.05, 3.63) is 23.4 Å². The maximum absolute atomic E-state index is 6.02. The lowest BCUT2D eigenvalue weighted by Crippen LogP contribution is -2.91. The Balaban J connectivity index is 1.99. The van der Waals surface area contributed by atoms with Gasteiger partial charge in [0.05, 0.1) is 12.6 Å². The number of pyridine rings is 1. The number of H-pyrrole nitrogens is 1. The van der Waals surface area contributed by atoms with Crippen molar-refractivity contribution in [1.29, 1.82) is 0 Å². The normalized spacial score (nSPS) is 26.3. The van der Waals surface area contributed by atoms with Crippen LogP contribution in [0.2, 0.25) is 5.02 Å². The Labute approximate surface area is 94.8 Å². The van der Waals surface area contributed by atoms with Crippen LogP contribution in [-0.2, 0) is 0 Å². The number of halogens is 1. The lowest BCUT2D eigenvalue weighted by molar-refractivity contribution is -0.696. The van der Waals surface area contributed by atoms with Crippen molar-refractivity contribution < 1.29 is 15.0 Å². The minimum atomic E-state index is 0.293. The van der Waals surface area contributed by atoms with Crippen LogP contribution in [0.25, 0.3) is 0 Å². The van der Waals surface area contributed by atoms with E-state index in [9.17, 15) is 0 Å². The first-order valence-corrected chi connectivity index (χ1v) is 5.79. The Kier molecular flexibility index (Phi) is 3.44. The monoisotopic (exact) mass is 228 g/mol. The molecule has 1 saturated heterocycles. The number of hydrogen-bond donors (Lipinski definition) is 1. The van der Waals surface area contributed by atoms with E-state index >= 15 is 0 Å². The number of aromatic nitrogens is 1. The molecule has 0 bridgehead atoms. The van der Waals surface area contributed by atoms with Gasteiger partial charge in [0.15, 0.2) is 11.2 Å². The van der Waals surface area contributed by atoms with Gasteiger partial charge in [0.25, 0.3) is 0 Å². The Bertz CT molecular complexity index is 332. The molecule has 0 radical (unpaired) electrons. The molecule has 2 rings (SSSR count). The number of quaternary nitrogens is 1. The van der Waals surface area contributed by atoms with Gasteiger partial charge in [0, 0.05) is 18.9 Å². The molecule has 0 spiro atoms. The van der Waals surface area contributed by atoms with Crippen molar-refractivity contribution >= 4 is 11.6 Å². The topological polar surface area (TPSA) is 40.0 Å². The molecule has 1 aliphatic rings. The van der Waals surface area contributed by atoms with E-state index in [1.807, 2.05) is 18.3 Å². The Hall–Kier alpha value is -0.800. The summed E-state index contributed by atoms with van der Waals surface area (Å²) >= 11 is 6.02. The van der Waals surface area contributed by atoms with Gasteiger partial charge in [-0.1, -0.05) is 11.6 Å². The summed E-state index contributed by atoms with van der Waals surface area (Å²) < 4.78 is 5.85. The van der Waals surface area contributed by atoms with Crippen molar-refractivity contribution in [1.82, 2.24) is 0 Å². The summed E-state index contributed by atoms with van der Waals surface area (Å²) in [6, 6.07) is 4.35. The number of aromatic amines is 1. The van der Waals surface area contributed by atoms with Crippen molar-refractivity contribution in [2.45, 2.75) is 31.9 Å². The average Bonchev–Trinajstić information content (AvgIpc) is 2.22. The Morgan fingerprint density at radius 3 is 3.20 bits per heavy atom. The fourth-order valence-electron chi connectivity index (χ4n) is 1.96. The fourth-order valence-corrected chi connectivity index (χ4v) is 2.13.